The molecule has 4 nitrogen and oxygen atoms in total. The summed E-state index contributed by atoms with van der Waals surface area (Å²) >= 11 is 0. The van der Waals surface area contributed by atoms with E-state index in [1.807, 2.05) is 42.5 Å². The van der Waals surface area contributed by atoms with Gasteiger partial charge in [-0.05, 0) is 70.6 Å². The maximum absolute atomic E-state index is 7.99. The van der Waals surface area contributed by atoms with Gasteiger partial charge in [0.25, 0.3) is 0 Å². The Morgan fingerprint density at radius 2 is 0.979 bits per heavy atom. The van der Waals surface area contributed by atoms with Gasteiger partial charge in [-0.25, -0.2) is 9.69 Å². The van der Waals surface area contributed by atoms with E-state index in [1.54, 1.807) is 0 Å². The Labute approximate surface area is 277 Å². The molecule has 0 fully saturated rings. The first-order valence-corrected chi connectivity index (χ1v) is 15.8. The van der Waals surface area contributed by atoms with E-state index >= 15 is 0 Å². The normalized spacial score (nSPS) is 11.3. The molecule has 2 heterocycles. The molecule has 48 heavy (non-hydrogen) atoms. The molecule has 0 bridgehead atoms. The SMILES string of the molecule is [C-]#[N+]c1ccc2c(c1)c1ccccc1n2-c1cccc(-c2ccccc2[N+]#[C-])c1-c1ccc(-n2c3ccccc3c3ccccc32)cc1. The molecule has 0 aliphatic rings. The van der Waals surface area contributed by atoms with Crippen molar-refractivity contribution in [3.05, 3.63) is 181 Å². The van der Waals surface area contributed by atoms with E-state index < -0.39 is 0 Å². The molecule has 7 aromatic carbocycles. The van der Waals surface area contributed by atoms with Gasteiger partial charge in [-0.3, -0.25) is 0 Å². The van der Waals surface area contributed by atoms with Gasteiger partial charge < -0.3 is 9.13 Å². The second-order valence-electron chi connectivity index (χ2n) is 11.9. The van der Waals surface area contributed by atoms with Crippen LogP contribution in [-0.2, 0) is 0 Å². The van der Waals surface area contributed by atoms with Crippen LogP contribution in [0.1, 0.15) is 0 Å². The molecule has 0 saturated heterocycles. The predicted molar refractivity (Wildman–Crippen MR) is 199 cm³/mol. The van der Waals surface area contributed by atoms with Gasteiger partial charge in [-0.15, -0.1) is 0 Å². The standard InChI is InChI=1S/C44H26N4/c1-45-30-24-27-42-37(28-30)35-15-6-10-20-41(35)48(42)43-21-11-16-36(32-12-3-7-17-38(32)46-2)44(43)29-22-25-31(26-23-29)47-39-18-8-4-13-33(39)34-14-5-9-19-40(34)47/h3-28H. The molecular formula is C44H26N4. The topological polar surface area (TPSA) is 18.6 Å². The van der Waals surface area contributed by atoms with Gasteiger partial charge in [-0.2, -0.15) is 0 Å². The van der Waals surface area contributed by atoms with E-state index in [9.17, 15) is 0 Å². The molecule has 0 atom stereocenters. The number of hydrogen-bond donors (Lipinski definition) is 0. The molecule has 9 aromatic rings. The maximum atomic E-state index is 7.99. The fourth-order valence-electron chi connectivity index (χ4n) is 7.32. The summed E-state index contributed by atoms with van der Waals surface area (Å²) < 4.78 is 4.63. The summed E-state index contributed by atoms with van der Waals surface area (Å²) in [5.74, 6) is 0. The van der Waals surface area contributed by atoms with Gasteiger partial charge in [0.2, 0.25) is 0 Å². The Kier molecular flexibility index (Phi) is 6.22. The van der Waals surface area contributed by atoms with Crippen LogP contribution in [0.25, 0.3) is 86.9 Å². The maximum Gasteiger partial charge on any atom is 0.194 e. The first-order chi connectivity index (χ1) is 23.7. The summed E-state index contributed by atoms with van der Waals surface area (Å²) in [6.45, 7) is 15.6. The molecule has 0 amide bonds. The van der Waals surface area contributed by atoms with Crippen LogP contribution >= 0.6 is 0 Å². The highest BCUT2D eigenvalue weighted by molar-refractivity contribution is 6.12. The minimum Gasteiger partial charge on any atom is -0.309 e. The molecule has 4 heteroatoms. The quantitative estimate of drug-likeness (QED) is 0.177. The summed E-state index contributed by atoms with van der Waals surface area (Å²) in [5, 5.41) is 4.60. The van der Waals surface area contributed by atoms with Crippen LogP contribution < -0.4 is 0 Å². The number of hydrogen-bond acceptors (Lipinski definition) is 0. The van der Waals surface area contributed by atoms with E-state index in [4.69, 9.17) is 13.1 Å². The fraction of sp³-hybridized carbons (Fsp3) is 0. The first-order valence-electron chi connectivity index (χ1n) is 15.8. The molecule has 2 aromatic heterocycles. The van der Waals surface area contributed by atoms with E-state index in [0.29, 0.717) is 11.4 Å². The van der Waals surface area contributed by atoms with Crippen LogP contribution in [0.4, 0.5) is 11.4 Å². The smallest absolute Gasteiger partial charge is 0.194 e. The Hall–Kier alpha value is -6.88. The summed E-state index contributed by atoms with van der Waals surface area (Å²) in [6.07, 6.45) is 0. The van der Waals surface area contributed by atoms with Gasteiger partial charge in [0.15, 0.2) is 11.4 Å². The zero-order valence-electron chi connectivity index (χ0n) is 25.8. The molecule has 0 saturated carbocycles. The molecule has 222 valence electrons. The van der Waals surface area contributed by atoms with E-state index in [2.05, 4.69) is 134 Å². The van der Waals surface area contributed by atoms with Crippen molar-refractivity contribution < 1.29 is 0 Å². The van der Waals surface area contributed by atoms with Gasteiger partial charge in [0.05, 0.1) is 40.9 Å². The average Bonchev–Trinajstić information content (AvgIpc) is 3.67. The Morgan fingerprint density at radius 3 is 1.65 bits per heavy atom. The van der Waals surface area contributed by atoms with Crippen molar-refractivity contribution >= 4 is 55.0 Å². The largest absolute Gasteiger partial charge is 0.309 e. The van der Waals surface area contributed by atoms with Gasteiger partial charge >= 0.3 is 0 Å². The molecule has 0 unspecified atom stereocenters. The number of aromatic nitrogens is 2. The fourth-order valence-corrected chi connectivity index (χ4v) is 7.32. The van der Waals surface area contributed by atoms with Crippen LogP contribution in [0.5, 0.6) is 0 Å². The second kappa shape index (κ2) is 10.9. The van der Waals surface area contributed by atoms with Crippen molar-refractivity contribution in [3.8, 4) is 33.6 Å². The zero-order chi connectivity index (χ0) is 32.2. The minimum absolute atomic E-state index is 0.613. The van der Waals surface area contributed by atoms with Gasteiger partial charge in [-0.1, -0.05) is 109 Å². The third-order valence-electron chi connectivity index (χ3n) is 9.38. The van der Waals surface area contributed by atoms with Crippen molar-refractivity contribution in [2.24, 2.45) is 0 Å². The zero-order valence-corrected chi connectivity index (χ0v) is 25.8. The van der Waals surface area contributed by atoms with Crippen LogP contribution in [-0.4, -0.2) is 9.13 Å². The Bertz CT molecular complexity index is 2750. The molecule has 0 aliphatic carbocycles. The lowest BCUT2D eigenvalue weighted by Crippen LogP contribution is -2.00. The summed E-state index contributed by atoms with van der Waals surface area (Å²) in [5.41, 5.74) is 11.7. The number of benzene rings is 7. The van der Waals surface area contributed by atoms with Crippen LogP contribution in [0.15, 0.2) is 158 Å². The summed E-state index contributed by atoms with van der Waals surface area (Å²) in [6, 6.07) is 54.4. The molecule has 9 rings (SSSR count). The van der Waals surface area contributed by atoms with Crippen molar-refractivity contribution in [2.75, 3.05) is 0 Å². The Morgan fingerprint density at radius 1 is 0.417 bits per heavy atom. The van der Waals surface area contributed by atoms with Crippen molar-refractivity contribution in [3.63, 3.8) is 0 Å². The average molecular weight is 611 g/mol. The van der Waals surface area contributed by atoms with E-state index in [0.717, 1.165) is 55.4 Å². The molecule has 0 aliphatic heterocycles. The monoisotopic (exact) mass is 610 g/mol. The van der Waals surface area contributed by atoms with Crippen LogP contribution in [0.3, 0.4) is 0 Å². The first kappa shape index (κ1) is 27.4. The van der Waals surface area contributed by atoms with Crippen molar-refractivity contribution in [1.82, 2.24) is 9.13 Å². The van der Waals surface area contributed by atoms with Gasteiger partial charge in [0.1, 0.15) is 0 Å². The number of nitrogens with zero attached hydrogens (tertiary/aromatic N) is 4. The molecule has 0 radical (unpaired) electrons. The summed E-state index contributed by atoms with van der Waals surface area (Å²) in [7, 11) is 0. The molecular weight excluding hydrogens is 585 g/mol. The van der Waals surface area contributed by atoms with Crippen molar-refractivity contribution in [1.29, 1.82) is 0 Å². The van der Waals surface area contributed by atoms with Gasteiger partial charge in [0, 0.05) is 27.4 Å². The molecule has 0 spiro atoms. The van der Waals surface area contributed by atoms with Crippen molar-refractivity contribution in [2.45, 2.75) is 0 Å². The number of fused-ring (bicyclic) bond motifs is 6. The minimum atomic E-state index is 0.613. The number of rotatable bonds is 4. The highest BCUT2D eigenvalue weighted by Crippen LogP contribution is 2.44. The lowest BCUT2D eigenvalue weighted by molar-refractivity contribution is 1.17. The van der Waals surface area contributed by atoms with Crippen LogP contribution in [0, 0.1) is 13.1 Å². The second-order valence-corrected chi connectivity index (χ2v) is 11.9. The van der Waals surface area contributed by atoms with E-state index in [1.165, 1.54) is 21.8 Å². The van der Waals surface area contributed by atoms with E-state index in [-0.39, 0.29) is 0 Å². The third kappa shape index (κ3) is 4.07. The highest BCUT2D eigenvalue weighted by atomic mass is 15.0. The molecule has 0 N–H and O–H groups in total. The predicted octanol–water partition coefficient (Wildman–Crippen LogP) is 12.3. The lowest BCUT2D eigenvalue weighted by atomic mass is 9.91. The summed E-state index contributed by atoms with van der Waals surface area (Å²) in [4.78, 5) is 7.64. The Balaban J connectivity index is 1.33. The van der Waals surface area contributed by atoms with Crippen LogP contribution in [0.2, 0.25) is 0 Å². The number of para-hydroxylation sites is 4. The third-order valence-corrected chi connectivity index (χ3v) is 9.38. The lowest BCUT2D eigenvalue weighted by Gasteiger charge is -2.19. The highest BCUT2D eigenvalue weighted by Gasteiger charge is 2.20.